The van der Waals surface area contributed by atoms with E-state index in [-0.39, 0.29) is 35.6 Å². The van der Waals surface area contributed by atoms with Crippen molar-refractivity contribution in [1.29, 1.82) is 5.26 Å². The summed E-state index contributed by atoms with van der Waals surface area (Å²) >= 11 is 0. The summed E-state index contributed by atoms with van der Waals surface area (Å²) in [6.07, 6.45) is 2.69. The lowest BCUT2D eigenvalue weighted by molar-refractivity contribution is -0.127. The molecule has 2 saturated carbocycles. The van der Waals surface area contributed by atoms with Crippen LogP contribution in [0.3, 0.4) is 0 Å². The molecule has 1 saturated heterocycles. The normalized spacial score (nSPS) is 22.2. The highest BCUT2D eigenvalue weighted by Gasteiger charge is 2.46. The molecule has 2 heterocycles. The van der Waals surface area contributed by atoms with Crippen LogP contribution >= 0.6 is 0 Å². The van der Waals surface area contributed by atoms with E-state index >= 15 is 0 Å². The number of oxazole rings is 1. The summed E-state index contributed by atoms with van der Waals surface area (Å²) in [6.45, 7) is 1.03. The number of halogens is 3. The summed E-state index contributed by atoms with van der Waals surface area (Å²) in [7, 11) is -2.89. The Kier molecular flexibility index (Phi) is 9.11. The minimum atomic E-state index is -2.89. The van der Waals surface area contributed by atoms with Crippen molar-refractivity contribution in [2.75, 3.05) is 29.5 Å². The highest BCUT2D eigenvalue weighted by Crippen LogP contribution is 2.37. The molecule has 1 N–H and O–H groups in total. The zero-order chi connectivity index (χ0) is 30.6. The lowest BCUT2D eigenvalue weighted by Crippen LogP contribution is -2.41. The van der Waals surface area contributed by atoms with Gasteiger partial charge in [-0.2, -0.15) is 5.26 Å². The SMILES string of the molecule is N#CC1(NC(=O)[C@H]2CCCC(C(F)F)C2)CC1.O=S1(=O)CCN(c2ccc(-c3coc(-c4ccc(F)cc4)n3)cc2)CC1. The molecule has 2 atom stereocenters. The average molecular weight is 615 g/mol. The summed E-state index contributed by atoms with van der Waals surface area (Å²) in [4.78, 5) is 18.4. The van der Waals surface area contributed by atoms with Gasteiger partial charge in [-0.05, 0) is 68.5 Å². The minimum absolute atomic E-state index is 0.194. The number of nitrogens with zero attached hydrogens (tertiary/aromatic N) is 3. The van der Waals surface area contributed by atoms with Gasteiger partial charge in [0.2, 0.25) is 18.2 Å². The molecule has 1 unspecified atom stereocenters. The second-order valence-electron chi connectivity index (χ2n) is 11.4. The Balaban J connectivity index is 0.000000188. The predicted octanol–water partition coefficient (Wildman–Crippen LogP) is 5.61. The molecule has 2 aliphatic carbocycles. The molecule has 0 bridgehead atoms. The molecule has 6 rings (SSSR count). The van der Waals surface area contributed by atoms with Gasteiger partial charge in [0.25, 0.3) is 0 Å². The van der Waals surface area contributed by atoms with Crippen LogP contribution in [-0.2, 0) is 14.6 Å². The Labute approximate surface area is 248 Å². The molecule has 3 aromatic rings. The molecule has 3 aliphatic rings. The summed E-state index contributed by atoms with van der Waals surface area (Å²) in [5.41, 5.74) is 2.61. The van der Waals surface area contributed by atoms with Gasteiger partial charge in [0.15, 0.2) is 9.84 Å². The number of carbonyl (C=O) groups is 1. The lowest BCUT2D eigenvalue weighted by Gasteiger charge is -2.28. The van der Waals surface area contributed by atoms with Crippen LogP contribution in [0.25, 0.3) is 22.7 Å². The molecule has 43 heavy (non-hydrogen) atoms. The van der Waals surface area contributed by atoms with Gasteiger partial charge in [-0.1, -0.05) is 18.6 Å². The Morgan fingerprint density at radius 3 is 2.30 bits per heavy atom. The van der Waals surface area contributed by atoms with Crippen molar-refractivity contribution in [3.05, 3.63) is 60.6 Å². The van der Waals surface area contributed by atoms with E-state index in [1.165, 1.54) is 12.1 Å². The molecule has 3 fully saturated rings. The van der Waals surface area contributed by atoms with Gasteiger partial charge in [-0.3, -0.25) is 4.79 Å². The first-order valence-corrected chi connectivity index (χ1v) is 16.2. The number of aromatic nitrogens is 1. The molecule has 1 aromatic heterocycles. The zero-order valence-electron chi connectivity index (χ0n) is 23.5. The van der Waals surface area contributed by atoms with Gasteiger partial charge >= 0.3 is 0 Å². The molecule has 228 valence electrons. The Hall–Kier alpha value is -3.85. The van der Waals surface area contributed by atoms with Crippen LogP contribution < -0.4 is 10.2 Å². The third-order valence-electron chi connectivity index (χ3n) is 8.24. The maximum absolute atomic E-state index is 13.0. The van der Waals surface area contributed by atoms with Gasteiger partial charge in [0, 0.05) is 41.7 Å². The number of nitrogens with one attached hydrogen (secondary N) is 1. The number of anilines is 1. The van der Waals surface area contributed by atoms with Crippen LogP contribution in [0, 0.1) is 29.0 Å². The number of alkyl halides is 2. The van der Waals surface area contributed by atoms with E-state index in [1.54, 1.807) is 18.4 Å². The fraction of sp³-hybridized carbons (Fsp3) is 0.452. The van der Waals surface area contributed by atoms with E-state index in [2.05, 4.69) is 21.3 Å². The van der Waals surface area contributed by atoms with Gasteiger partial charge in [-0.15, -0.1) is 0 Å². The molecule has 1 amide bonds. The number of nitriles is 1. The first-order valence-electron chi connectivity index (χ1n) is 14.4. The zero-order valence-corrected chi connectivity index (χ0v) is 24.3. The molecule has 12 heteroatoms. The first-order chi connectivity index (χ1) is 20.6. The molecule has 2 aromatic carbocycles. The molecule has 0 spiro atoms. The van der Waals surface area contributed by atoms with Crippen molar-refractivity contribution in [3.8, 4) is 28.8 Å². The fourth-order valence-electron chi connectivity index (χ4n) is 5.37. The highest BCUT2D eigenvalue weighted by atomic mass is 32.2. The number of sulfone groups is 1. The smallest absolute Gasteiger partial charge is 0.241 e. The number of amides is 1. The second-order valence-corrected chi connectivity index (χ2v) is 13.7. The number of rotatable bonds is 6. The number of hydrogen-bond acceptors (Lipinski definition) is 7. The van der Waals surface area contributed by atoms with E-state index in [9.17, 15) is 26.4 Å². The summed E-state index contributed by atoms with van der Waals surface area (Å²) < 4.78 is 66.8. The van der Waals surface area contributed by atoms with E-state index < -0.39 is 27.7 Å². The lowest BCUT2D eigenvalue weighted by atomic mass is 9.81. The third-order valence-corrected chi connectivity index (χ3v) is 9.85. The van der Waals surface area contributed by atoms with Gasteiger partial charge in [0.1, 0.15) is 23.3 Å². The quantitative estimate of drug-likeness (QED) is 0.384. The summed E-state index contributed by atoms with van der Waals surface area (Å²) in [6, 6.07) is 15.8. The Morgan fingerprint density at radius 1 is 1.05 bits per heavy atom. The Morgan fingerprint density at radius 2 is 1.70 bits per heavy atom. The van der Waals surface area contributed by atoms with Gasteiger partial charge < -0.3 is 14.6 Å². The van der Waals surface area contributed by atoms with Crippen molar-refractivity contribution < 1.29 is 30.8 Å². The maximum Gasteiger partial charge on any atom is 0.241 e. The Bertz CT molecular complexity index is 1550. The molecular weight excluding hydrogens is 581 g/mol. The van der Waals surface area contributed by atoms with Crippen molar-refractivity contribution in [2.45, 2.75) is 50.5 Å². The molecule has 1 aliphatic heterocycles. The standard InChI is InChI=1S/C19H17FN2O3S.C12H16F2N2O/c20-16-5-1-15(2-6-16)19-21-18(13-25-19)14-3-7-17(8-4-14)22-9-11-26(23,24)12-10-22;13-10(14)8-2-1-3-9(6-8)11(17)16-12(7-15)4-5-12/h1-8,13H,9-12H2;8-10H,1-6H2,(H,16,17)/t;8?,9-/m.0/s1. The van der Waals surface area contributed by atoms with E-state index in [1.807, 2.05) is 24.3 Å². The molecule has 0 radical (unpaired) electrons. The van der Waals surface area contributed by atoms with E-state index in [0.29, 0.717) is 62.3 Å². The third kappa shape index (κ3) is 7.76. The van der Waals surface area contributed by atoms with Crippen LogP contribution in [0.2, 0.25) is 0 Å². The number of hydrogen-bond donors (Lipinski definition) is 1. The number of carbonyl (C=O) groups excluding carboxylic acids is 1. The van der Waals surface area contributed by atoms with E-state index in [4.69, 9.17) is 9.68 Å². The monoisotopic (exact) mass is 614 g/mol. The minimum Gasteiger partial charge on any atom is -0.444 e. The summed E-state index contributed by atoms with van der Waals surface area (Å²) in [5, 5.41) is 11.6. The second kappa shape index (κ2) is 12.8. The molecular formula is C31H33F3N4O4S. The fourth-order valence-corrected chi connectivity index (χ4v) is 6.57. The number of benzene rings is 2. The van der Waals surface area contributed by atoms with Crippen LogP contribution in [0.5, 0.6) is 0 Å². The average Bonchev–Trinajstić information content (AvgIpc) is 3.61. The van der Waals surface area contributed by atoms with E-state index in [0.717, 1.165) is 11.3 Å². The predicted molar refractivity (Wildman–Crippen MR) is 155 cm³/mol. The first kappa shape index (κ1) is 30.6. The highest BCUT2D eigenvalue weighted by molar-refractivity contribution is 7.91. The largest absolute Gasteiger partial charge is 0.444 e. The van der Waals surface area contributed by atoms with Crippen LogP contribution in [0.1, 0.15) is 38.5 Å². The van der Waals surface area contributed by atoms with Gasteiger partial charge in [-0.25, -0.2) is 26.6 Å². The van der Waals surface area contributed by atoms with Crippen molar-refractivity contribution in [1.82, 2.24) is 10.3 Å². The van der Waals surface area contributed by atoms with Crippen LogP contribution in [0.4, 0.5) is 18.9 Å². The van der Waals surface area contributed by atoms with Gasteiger partial charge in [0.05, 0.1) is 17.6 Å². The van der Waals surface area contributed by atoms with Crippen molar-refractivity contribution in [2.24, 2.45) is 11.8 Å². The van der Waals surface area contributed by atoms with Crippen LogP contribution in [0.15, 0.2) is 59.2 Å². The summed E-state index contributed by atoms with van der Waals surface area (Å²) in [5.74, 6) is -0.690. The van der Waals surface area contributed by atoms with Crippen molar-refractivity contribution in [3.63, 3.8) is 0 Å². The topological polar surface area (TPSA) is 116 Å². The maximum atomic E-state index is 13.0. The van der Waals surface area contributed by atoms with Crippen molar-refractivity contribution >= 4 is 21.4 Å². The molecule has 8 nitrogen and oxygen atoms in total. The van der Waals surface area contributed by atoms with Crippen LogP contribution in [-0.4, -0.2) is 55.9 Å².